The molecule has 0 amide bonds. The van der Waals surface area contributed by atoms with E-state index >= 15 is 0 Å². The molecule has 1 aromatic heterocycles. The Hall–Kier alpha value is -1.65. The van der Waals surface area contributed by atoms with Gasteiger partial charge in [0.15, 0.2) is 5.78 Å². The van der Waals surface area contributed by atoms with E-state index in [2.05, 4.69) is 4.98 Å². The van der Waals surface area contributed by atoms with Gasteiger partial charge in [0, 0.05) is 23.0 Å². The van der Waals surface area contributed by atoms with Gasteiger partial charge in [0.25, 0.3) is 5.56 Å². The predicted molar refractivity (Wildman–Crippen MR) is 85.7 cm³/mol. The number of carbonyl (C=O) groups is 1. The fourth-order valence-electron chi connectivity index (χ4n) is 2.35. The van der Waals surface area contributed by atoms with Gasteiger partial charge in [-0.2, -0.15) is 0 Å². The van der Waals surface area contributed by atoms with Crippen LogP contribution in [0.15, 0.2) is 29.2 Å². The zero-order valence-corrected chi connectivity index (χ0v) is 12.9. The third kappa shape index (κ3) is 3.71. The highest BCUT2D eigenvalue weighted by atomic mass is 35.5. The Labute approximate surface area is 128 Å². The molecule has 4 nitrogen and oxygen atoms in total. The van der Waals surface area contributed by atoms with Gasteiger partial charge < -0.3 is 10.7 Å². The van der Waals surface area contributed by atoms with Crippen LogP contribution in [-0.2, 0) is 11.2 Å². The molecule has 2 rings (SSSR count). The van der Waals surface area contributed by atoms with E-state index in [1.54, 1.807) is 24.4 Å². The van der Waals surface area contributed by atoms with Crippen molar-refractivity contribution in [1.29, 1.82) is 0 Å². The Morgan fingerprint density at radius 2 is 2.10 bits per heavy atom. The highest BCUT2D eigenvalue weighted by Gasteiger charge is 2.17. The van der Waals surface area contributed by atoms with E-state index < -0.39 is 6.04 Å². The van der Waals surface area contributed by atoms with Crippen LogP contribution in [0.2, 0.25) is 5.02 Å². The third-order valence-corrected chi connectivity index (χ3v) is 3.80. The Balaban J connectivity index is 2.29. The average Bonchev–Trinajstić information content (AvgIpc) is 2.40. The summed E-state index contributed by atoms with van der Waals surface area (Å²) in [5.41, 5.74) is 6.42. The van der Waals surface area contributed by atoms with Crippen molar-refractivity contribution in [3.8, 4) is 0 Å². The highest BCUT2D eigenvalue weighted by Crippen LogP contribution is 2.23. The minimum atomic E-state index is -0.476. The van der Waals surface area contributed by atoms with Gasteiger partial charge in [-0.3, -0.25) is 9.59 Å². The van der Waals surface area contributed by atoms with Crippen molar-refractivity contribution >= 4 is 28.2 Å². The zero-order valence-electron chi connectivity index (χ0n) is 12.2. The summed E-state index contributed by atoms with van der Waals surface area (Å²) in [4.78, 5) is 26.4. The van der Waals surface area contributed by atoms with Crippen molar-refractivity contribution < 1.29 is 4.79 Å². The van der Waals surface area contributed by atoms with Gasteiger partial charge in [-0.15, -0.1) is 0 Å². The highest BCUT2D eigenvalue weighted by molar-refractivity contribution is 6.32. The SMILES string of the molecule is CC(C)C[C@@H](N)C(=O)Cc1cc2cc[nH]c(=O)c2cc1Cl. The fraction of sp³-hybridized carbons (Fsp3) is 0.375. The van der Waals surface area contributed by atoms with E-state index in [-0.39, 0.29) is 17.8 Å². The topological polar surface area (TPSA) is 76.0 Å². The summed E-state index contributed by atoms with van der Waals surface area (Å²) >= 11 is 6.18. The second kappa shape index (κ2) is 6.41. The van der Waals surface area contributed by atoms with Gasteiger partial charge in [0.1, 0.15) is 0 Å². The number of Topliss-reactive ketones (excluding diaryl/α,β-unsaturated/α-hetero) is 1. The van der Waals surface area contributed by atoms with Crippen molar-refractivity contribution in [3.63, 3.8) is 0 Å². The Morgan fingerprint density at radius 1 is 1.38 bits per heavy atom. The number of H-pyrrole nitrogens is 1. The van der Waals surface area contributed by atoms with Crippen LogP contribution in [-0.4, -0.2) is 16.8 Å². The van der Waals surface area contributed by atoms with Crippen LogP contribution in [0.1, 0.15) is 25.8 Å². The Morgan fingerprint density at radius 3 is 2.76 bits per heavy atom. The number of rotatable bonds is 5. The van der Waals surface area contributed by atoms with E-state index in [0.29, 0.717) is 28.3 Å². The predicted octanol–water partition coefficient (Wildman–Crippen LogP) is 2.67. The van der Waals surface area contributed by atoms with Gasteiger partial charge in [-0.1, -0.05) is 25.4 Å². The summed E-state index contributed by atoms with van der Waals surface area (Å²) in [6.45, 7) is 4.06. The van der Waals surface area contributed by atoms with Crippen LogP contribution in [0.4, 0.5) is 0 Å². The average molecular weight is 307 g/mol. The number of ketones is 1. The van der Waals surface area contributed by atoms with Gasteiger partial charge in [-0.05, 0) is 41.5 Å². The number of hydrogen-bond donors (Lipinski definition) is 2. The van der Waals surface area contributed by atoms with Gasteiger partial charge in [-0.25, -0.2) is 0 Å². The molecule has 0 fully saturated rings. The van der Waals surface area contributed by atoms with E-state index in [4.69, 9.17) is 17.3 Å². The molecule has 112 valence electrons. The van der Waals surface area contributed by atoms with Crippen LogP contribution in [0.5, 0.6) is 0 Å². The molecule has 0 unspecified atom stereocenters. The molecule has 0 spiro atoms. The number of aromatic amines is 1. The van der Waals surface area contributed by atoms with Gasteiger partial charge >= 0.3 is 0 Å². The lowest BCUT2D eigenvalue weighted by Crippen LogP contribution is -2.33. The van der Waals surface area contributed by atoms with Crippen LogP contribution < -0.4 is 11.3 Å². The van der Waals surface area contributed by atoms with E-state index in [1.165, 1.54) is 0 Å². The zero-order chi connectivity index (χ0) is 15.6. The molecule has 3 N–H and O–H groups in total. The first-order chi connectivity index (χ1) is 9.88. The summed E-state index contributed by atoms with van der Waals surface area (Å²) in [5, 5.41) is 1.71. The molecule has 1 heterocycles. The van der Waals surface area contributed by atoms with Crippen LogP contribution in [0.25, 0.3) is 10.8 Å². The lowest BCUT2D eigenvalue weighted by molar-refractivity contribution is -0.120. The third-order valence-electron chi connectivity index (χ3n) is 3.44. The summed E-state index contributed by atoms with van der Waals surface area (Å²) < 4.78 is 0. The molecule has 1 aromatic carbocycles. The first kappa shape index (κ1) is 15.7. The maximum Gasteiger partial charge on any atom is 0.255 e. The fourth-order valence-corrected chi connectivity index (χ4v) is 2.58. The van der Waals surface area contributed by atoms with E-state index in [0.717, 1.165) is 5.39 Å². The molecule has 0 aliphatic rings. The first-order valence-corrected chi connectivity index (χ1v) is 7.34. The Bertz CT molecular complexity index is 722. The van der Waals surface area contributed by atoms with Crippen LogP contribution in [0.3, 0.4) is 0 Å². The Kier molecular flexibility index (Phi) is 4.80. The quantitative estimate of drug-likeness (QED) is 0.891. The van der Waals surface area contributed by atoms with Crippen LogP contribution >= 0.6 is 11.6 Å². The second-order valence-electron chi connectivity index (χ2n) is 5.72. The number of halogens is 1. The summed E-state index contributed by atoms with van der Waals surface area (Å²) in [6, 6.07) is 4.70. The molecule has 0 aliphatic carbocycles. The molecule has 0 aliphatic heterocycles. The van der Waals surface area contributed by atoms with Crippen molar-refractivity contribution in [1.82, 2.24) is 4.98 Å². The van der Waals surface area contributed by atoms with E-state index in [1.807, 2.05) is 13.8 Å². The normalized spacial score (nSPS) is 12.8. The number of fused-ring (bicyclic) bond motifs is 1. The monoisotopic (exact) mass is 306 g/mol. The largest absolute Gasteiger partial charge is 0.329 e. The van der Waals surface area contributed by atoms with Gasteiger partial charge in [0.2, 0.25) is 0 Å². The lowest BCUT2D eigenvalue weighted by atomic mass is 9.96. The molecule has 1 atom stereocenters. The second-order valence-corrected chi connectivity index (χ2v) is 6.12. The van der Waals surface area contributed by atoms with Crippen molar-refractivity contribution in [2.45, 2.75) is 32.7 Å². The first-order valence-electron chi connectivity index (χ1n) is 6.96. The van der Waals surface area contributed by atoms with Crippen molar-refractivity contribution in [2.24, 2.45) is 11.7 Å². The maximum atomic E-state index is 12.2. The standard InChI is InChI=1S/C16H19ClN2O2/c1-9(2)5-14(18)15(20)7-11-6-10-3-4-19-16(21)12(10)8-13(11)17/h3-4,6,8-9,14H,5,7,18H2,1-2H3,(H,19,21)/t14-/m1/s1. The molecule has 0 radical (unpaired) electrons. The number of nitrogens with one attached hydrogen (secondary N) is 1. The molecule has 5 heteroatoms. The van der Waals surface area contributed by atoms with E-state index in [9.17, 15) is 9.59 Å². The molecular formula is C16H19ClN2O2. The minimum Gasteiger partial charge on any atom is -0.329 e. The molecule has 0 saturated heterocycles. The maximum absolute atomic E-state index is 12.2. The number of pyridine rings is 1. The molecular weight excluding hydrogens is 288 g/mol. The molecule has 0 saturated carbocycles. The number of aromatic nitrogens is 1. The minimum absolute atomic E-state index is 0.0326. The van der Waals surface area contributed by atoms with Gasteiger partial charge in [0.05, 0.1) is 6.04 Å². The number of benzene rings is 1. The molecule has 2 aromatic rings. The number of hydrogen-bond acceptors (Lipinski definition) is 3. The summed E-state index contributed by atoms with van der Waals surface area (Å²) in [7, 11) is 0. The van der Waals surface area contributed by atoms with Crippen molar-refractivity contribution in [2.75, 3.05) is 0 Å². The molecule has 21 heavy (non-hydrogen) atoms. The number of nitrogens with two attached hydrogens (primary N) is 1. The number of carbonyl (C=O) groups excluding carboxylic acids is 1. The lowest BCUT2D eigenvalue weighted by Gasteiger charge is -2.13. The summed E-state index contributed by atoms with van der Waals surface area (Å²) in [5.74, 6) is 0.337. The van der Waals surface area contributed by atoms with Crippen molar-refractivity contribution in [3.05, 3.63) is 45.3 Å². The summed E-state index contributed by atoms with van der Waals surface area (Å²) in [6.07, 6.45) is 2.42. The molecule has 0 bridgehead atoms. The van der Waals surface area contributed by atoms with Crippen LogP contribution in [0, 0.1) is 5.92 Å². The smallest absolute Gasteiger partial charge is 0.255 e.